The normalized spacial score (nSPS) is 23.8. The molecule has 0 amide bonds. The summed E-state index contributed by atoms with van der Waals surface area (Å²) in [7, 11) is 1.00. The van der Waals surface area contributed by atoms with Crippen LogP contribution in [0.15, 0.2) is 0 Å². The molecule has 88 valence electrons. The molecule has 3 N–H and O–H groups in total. The average Bonchev–Trinajstić information content (AvgIpc) is 2.27. The first kappa shape index (κ1) is 16.3. The van der Waals surface area contributed by atoms with Crippen LogP contribution >= 0.6 is 0 Å². The van der Waals surface area contributed by atoms with Gasteiger partial charge in [0.25, 0.3) is 0 Å². The predicted octanol–water partition coefficient (Wildman–Crippen LogP) is -0.304. The van der Waals surface area contributed by atoms with Crippen LogP contribution in [0.25, 0.3) is 0 Å². The van der Waals surface area contributed by atoms with E-state index in [2.05, 4.69) is 18.2 Å². The molecule has 0 radical (unpaired) electrons. The molecule has 15 heavy (non-hydrogen) atoms. The molecule has 0 unspecified atom stereocenters. The van der Waals surface area contributed by atoms with Crippen LogP contribution in [0.1, 0.15) is 13.3 Å². The maximum absolute atomic E-state index is 10.2. The second-order valence-corrected chi connectivity index (χ2v) is 2.86. The first-order valence-electron chi connectivity index (χ1n) is 4.53. The minimum absolute atomic E-state index is 0.0969. The average molecular weight is 217 g/mol. The Kier molecular flexibility index (Phi) is 12.0. The topological polar surface area (TPSA) is 78.8 Å². The smallest absolute Gasteiger partial charge is 0.306 e. The number of nitrogens with one attached hydrogen (secondary N) is 1. The zero-order valence-corrected chi connectivity index (χ0v) is 9.14. The molecule has 0 spiro atoms. The highest BCUT2D eigenvalue weighted by Gasteiger charge is 2.19. The highest BCUT2D eigenvalue weighted by Crippen LogP contribution is 2.04. The fourth-order valence-corrected chi connectivity index (χ4v) is 1.06. The van der Waals surface area contributed by atoms with E-state index in [1.807, 2.05) is 6.92 Å². The lowest BCUT2D eigenvalue weighted by molar-refractivity contribution is -0.141. The summed E-state index contributed by atoms with van der Waals surface area (Å²) in [4.78, 5) is 10.2. The van der Waals surface area contributed by atoms with Gasteiger partial charge in [-0.3, -0.25) is 4.79 Å². The summed E-state index contributed by atoms with van der Waals surface area (Å²) in [5.41, 5.74) is 0. The van der Waals surface area contributed by atoms with Gasteiger partial charge in [-0.15, -0.1) is 12.8 Å². The number of carboxylic acid groups (broad SMARTS) is 1. The molecule has 0 aromatic carbocycles. The van der Waals surface area contributed by atoms with Crippen molar-refractivity contribution in [2.24, 2.45) is 0 Å². The minimum Gasteiger partial charge on any atom is -0.481 e. The van der Waals surface area contributed by atoms with Crippen molar-refractivity contribution in [1.29, 1.82) is 0 Å². The van der Waals surface area contributed by atoms with Gasteiger partial charge in [0.15, 0.2) is 0 Å². The van der Waals surface area contributed by atoms with Crippen LogP contribution in [0, 0.1) is 12.8 Å². The number of aliphatic hydroxyl groups excluding tert-OH is 1. The van der Waals surface area contributed by atoms with Crippen molar-refractivity contribution < 1.29 is 19.7 Å². The molecule has 0 aromatic rings. The number of hydrogen-bond acceptors (Lipinski definition) is 4. The third kappa shape index (κ3) is 9.22. The molecule has 1 rings (SSSR count). The Morgan fingerprint density at radius 3 is 2.40 bits per heavy atom. The van der Waals surface area contributed by atoms with Gasteiger partial charge in [0.1, 0.15) is 0 Å². The molecule has 0 bridgehead atoms. The fraction of sp³-hybridized carbons (Fsp3) is 0.700. The number of aliphatic hydroxyl groups is 1. The van der Waals surface area contributed by atoms with E-state index in [4.69, 9.17) is 14.9 Å². The van der Waals surface area contributed by atoms with Crippen molar-refractivity contribution in [2.75, 3.05) is 20.3 Å². The fourth-order valence-electron chi connectivity index (χ4n) is 1.06. The minimum atomic E-state index is -0.800. The van der Waals surface area contributed by atoms with E-state index in [-0.39, 0.29) is 12.5 Å². The summed E-state index contributed by atoms with van der Waals surface area (Å²) in [6, 6.07) is 0.347. The molecule has 1 aliphatic heterocycles. The molecule has 1 heterocycles. The SMILES string of the molecule is C#C.CO.C[C@H]1CO[C@@H](CC(=O)O)CN1. The molecular weight excluding hydrogens is 198 g/mol. The van der Waals surface area contributed by atoms with Gasteiger partial charge in [-0.25, -0.2) is 0 Å². The number of rotatable bonds is 2. The molecule has 0 aromatic heterocycles. The highest BCUT2D eigenvalue weighted by molar-refractivity contribution is 5.67. The van der Waals surface area contributed by atoms with E-state index in [9.17, 15) is 4.79 Å². The number of hydrogen-bond donors (Lipinski definition) is 3. The van der Waals surface area contributed by atoms with Crippen molar-refractivity contribution in [1.82, 2.24) is 5.32 Å². The van der Waals surface area contributed by atoms with Crippen molar-refractivity contribution >= 4 is 5.97 Å². The third-order valence-electron chi connectivity index (χ3n) is 1.68. The number of terminal acetylenes is 1. The zero-order chi connectivity index (χ0) is 12.3. The van der Waals surface area contributed by atoms with E-state index in [0.717, 1.165) is 7.11 Å². The Balaban J connectivity index is 0. The van der Waals surface area contributed by atoms with Crippen LogP contribution in [0.5, 0.6) is 0 Å². The molecule has 5 heteroatoms. The Bertz CT molecular complexity index is 174. The van der Waals surface area contributed by atoms with Crippen molar-refractivity contribution in [2.45, 2.75) is 25.5 Å². The van der Waals surface area contributed by atoms with Gasteiger partial charge in [-0.2, -0.15) is 0 Å². The van der Waals surface area contributed by atoms with E-state index in [1.165, 1.54) is 0 Å². The summed E-state index contributed by atoms with van der Waals surface area (Å²) in [5.74, 6) is -0.800. The first-order valence-corrected chi connectivity index (χ1v) is 4.53. The molecule has 0 saturated carbocycles. The summed E-state index contributed by atoms with van der Waals surface area (Å²) >= 11 is 0. The van der Waals surface area contributed by atoms with Gasteiger partial charge >= 0.3 is 5.97 Å². The Hall–Kier alpha value is -1.09. The van der Waals surface area contributed by atoms with E-state index < -0.39 is 5.97 Å². The van der Waals surface area contributed by atoms with Crippen molar-refractivity contribution in [3.8, 4) is 12.8 Å². The summed E-state index contributed by atoms with van der Waals surface area (Å²) in [5, 5.41) is 18.6. The molecule has 1 fully saturated rings. The Morgan fingerprint density at radius 1 is 1.53 bits per heavy atom. The van der Waals surface area contributed by atoms with Crippen LogP contribution in [-0.4, -0.2) is 48.6 Å². The van der Waals surface area contributed by atoms with Crippen LogP contribution in [0.3, 0.4) is 0 Å². The molecule has 0 aliphatic carbocycles. The standard InChI is InChI=1S/C7H13NO3.C2H2.CH4O/c1-5-4-11-6(3-8-5)2-7(9)10;2*1-2/h5-6,8H,2-4H2,1H3,(H,9,10);1-2H;2H,1H3/t5-,6-;;/m0../s1. The lowest BCUT2D eigenvalue weighted by Crippen LogP contribution is -2.45. The molecular formula is C10H19NO4. The van der Waals surface area contributed by atoms with Crippen LogP contribution in [-0.2, 0) is 9.53 Å². The van der Waals surface area contributed by atoms with Crippen molar-refractivity contribution in [3.63, 3.8) is 0 Å². The molecule has 5 nitrogen and oxygen atoms in total. The van der Waals surface area contributed by atoms with Gasteiger partial charge in [-0.05, 0) is 6.92 Å². The van der Waals surface area contributed by atoms with Crippen LogP contribution in [0.2, 0.25) is 0 Å². The predicted molar refractivity (Wildman–Crippen MR) is 57.5 cm³/mol. The number of carbonyl (C=O) groups is 1. The number of carboxylic acids is 1. The number of morpholine rings is 1. The maximum atomic E-state index is 10.2. The van der Waals surface area contributed by atoms with E-state index in [0.29, 0.717) is 19.2 Å². The maximum Gasteiger partial charge on any atom is 0.306 e. The van der Waals surface area contributed by atoms with Gasteiger partial charge in [0, 0.05) is 19.7 Å². The molecule has 2 atom stereocenters. The summed E-state index contributed by atoms with van der Waals surface area (Å²) in [6.45, 7) is 3.27. The van der Waals surface area contributed by atoms with Gasteiger partial charge < -0.3 is 20.3 Å². The van der Waals surface area contributed by atoms with Gasteiger partial charge in [0.2, 0.25) is 0 Å². The van der Waals surface area contributed by atoms with E-state index >= 15 is 0 Å². The Labute approximate surface area is 90.4 Å². The third-order valence-corrected chi connectivity index (χ3v) is 1.68. The monoisotopic (exact) mass is 217 g/mol. The lowest BCUT2D eigenvalue weighted by atomic mass is 10.2. The van der Waals surface area contributed by atoms with Crippen molar-refractivity contribution in [3.05, 3.63) is 0 Å². The van der Waals surface area contributed by atoms with Crippen LogP contribution < -0.4 is 5.32 Å². The summed E-state index contributed by atoms with van der Waals surface area (Å²) in [6.07, 6.45) is 7.95. The molecule has 1 saturated heterocycles. The number of aliphatic carboxylic acids is 1. The second-order valence-electron chi connectivity index (χ2n) is 2.86. The summed E-state index contributed by atoms with van der Waals surface area (Å²) < 4.78 is 5.26. The Morgan fingerprint density at radius 2 is 2.07 bits per heavy atom. The first-order chi connectivity index (χ1) is 7.18. The largest absolute Gasteiger partial charge is 0.481 e. The zero-order valence-electron chi connectivity index (χ0n) is 9.14. The van der Waals surface area contributed by atoms with Crippen LogP contribution in [0.4, 0.5) is 0 Å². The highest BCUT2D eigenvalue weighted by atomic mass is 16.5. The second kappa shape index (κ2) is 11.0. The number of ether oxygens (including phenoxy) is 1. The molecule has 1 aliphatic rings. The van der Waals surface area contributed by atoms with Gasteiger partial charge in [0.05, 0.1) is 19.1 Å². The van der Waals surface area contributed by atoms with E-state index in [1.54, 1.807) is 0 Å². The van der Waals surface area contributed by atoms with Gasteiger partial charge in [-0.1, -0.05) is 0 Å². The lowest BCUT2D eigenvalue weighted by Gasteiger charge is -2.27. The quantitative estimate of drug-likeness (QED) is 0.553.